The number of fused-ring (bicyclic) bond motifs is 2. The average Bonchev–Trinajstić information content (AvgIpc) is 2.95. The van der Waals surface area contributed by atoms with Crippen molar-refractivity contribution < 1.29 is 0 Å². The largest absolute Gasteiger partial charge is 0.356 e. The lowest BCUT2D eigenvalue weighted by Crippen LogP contribution is -2.46. The third kappa shape index (κ3) is 2.84. The second-order valence-corrected chi connectivity index (χ2v) is 7.89. The van der Waals surface area contributed by atoms with Crippen LogP contribution in [0.5, 0.6) is 0 Å². The Hall–Kier alpha value is -1.88. The molecule has 2 aromatic rings. The first-order valence-corrected chi connectivity index (χ1v) is 9.28. The fourth-order valence-electron chi connectivity index (χ4n) is 4.18. The summed E-state index contributed by atoms with van der Waals surface area (Å²) in [7, 11) is 3.99. The molecule has 1 aliphatic carbocycles. The van der Waals surface area contributed by atoms with E-state index >= 15 is 0 Å². The Morgan fingerprint density at radius 1 is 1.20 bits per heavy atom. The molecule has 5 nitrogen and oxygen atoms in total. The smallest absolute Gasteiger partial charge is 0.225 e. The van der Waals surface area contributed by atoms with Crippen LogP contribution in [-0.4, -0.2) is 42.1 Å². The van der Waals surface area contributed by atoms with Crippen LogP contribution < -0.4 is 9.80 Å². The highest BCUT2D eigenvalue weighted by atomic mass is 35.5. The van der Waals surface area contributed by atoms with Gasteiger partial charge in [0.05, 0.1) is 16.4 Å². The molecule has 1 aliphatic heterocycles. The standard InChI is InChI=1S/C19H24ClN5/c1-13-15(20)5-6-16(22-13)25-10-4-8-19(12-25)9-7-14-11-21-18(24(2)3)23-17(14)19/h5-6,11H,4,7-10,12H2,1-3H3. The van der Waals surface area contributed by atoms with Crippen LogP contribution in [0.15, 0.2) is 18.3 Å². The molecule has 0 amide bonds. The zero-order chi connectivity index (χ0) is 17.6. The number of aryl methyl sites for hydroxylation is 2. The highest BCUT2D eigenvalue weighted by Gasteiger charge is 2.44. The highest BCUT2D eigenvalue weighted by Crippen LogP contribution is 2.45. The van der Waals surface area contributed by atoms with Crippen molar-refractivity contribution >= 4 is 23.4 Å². The normalized spacial score (nSPS) is 22.3. The summed E-state index contributed by atoms with van der Waals surface area (Å²) in [6.45, 7) is 3.97. The third-order valence-electron chi connectivity index (χ3n) is 5.53. The van der Waals surface area contributed by atoms with Crippen molar-refractivity contribution in [3.8, 4) is 0 Å². The number of nitrogens with zero attached hydrogens (tertiary/aromatic N) is 5. The van der Waals surface area contributed by atoms with Crippen LogP contribution in [0.1, 0.15) is 36.2 Å². The monoisotopic (exact) mass is 357 g/mol. The summed E-state index contributed by atoms with van der Waals surface area (Å²) in [4.78, 5) is 18.5. The summed E-state index contributed by atoms with van der Waals surface area (Å²) in [5.41, 5.74) is 3.58. The van der Waals surface area contributed by atoms with Crippen molar-refractivity contribution in [1.29, 1.82) is 0 Å². The van der Waals surface area contributed by atoms with E-state index in [4.69, 9.17) is 21.6 Å². The van der Waals surface area contributed by atoms with E-state index in [1.807, 2.05) is 44.2 Å². The zero-order valence-electron chi connectivity index (χ0n) is 15.1. The maximum Gasteiger partial charge on any atom is 0.225 e. The molecular formula is C19H24ClN5. The fraction of sp³-hybridized carbons (Fsp3) is 0.526. The maximum atomic E-state index is 6.15. The second kappa shape index (κ2) is 6.13. The first kappa shape index (κ1) is 16.6. The van der Waals surface area contributed by atoms with E-state index in [0.29, 0.717) is 0 Å². The van der Waals surface area contributed by atoms with E-state index in [1.54, 1.807) is 0 Å². The summed E-state index contributed by atoms with van der Waals surface area (Å²) >= 11 is 6.15. The topological polar surface area (TPSA) is 45.2 Å². The molecule has 4 rings (SSSR count). The van der Waals surface area contributed by atoms with Crippen molar-refractivity contribution in [2.24, 2.45) is 0 Å². The van der Waals surface area contributed by atoms with E-state index < -0.39 is 0 Å². The summed E-state index contributed by atoms with van der Waals surface area (Å²) in [5.74, 6) is 1.83. The van der Waals surface area contributed by atoms with E-state index in [-0.39, 0.29) is 5.41 Å². The summed E-state index contributed by atoms with van der Waals surface area (Å²) in [6.07, 6.45) is 6.59. The van der Waals surface area contributed by atoms with Crippen molar-refractivity contribution in [2.75, 3.05) is 37.0 Å². The first-order chi connectivity index (χ1) is 12.0. The van der Waals surface area contributed by atoms with Crippen molar-refractivity contribution in [1.82, 2.24) is 15.0 Å². The molecule has 0 bridgehead atoms. The van der Waals surface area contributed by atoms with Crippen LogP contribution in [0.3, 0.4) is 0 Å². The molecular weight excluding hydrogens is 334 g/mol. The minimum absolute atomic E-state index is 0.122. The minimum atomic E-state index is 0.122. The van der Waals surface area contributed by atoms with Gasteiger partial charge in [0.25, 0.3) is 0 Å². The van der Waals surface area contributed by atoms with Crippen LogP contribution in [-0.2, 0) is 11.8 Å². The Kier molecular flexibility index (Phi) is 4.07. The zero-order valence-corrected chi connectivity index (χ0v) is 15.8. The number of hydrogen-bond acceptors (Lipinski definition) is 5. The molecule has 1 spiro atoms. The van der Waals surface area contributed by atoms with E-state index in [1.165, 1.54) is 17.7 Å². The van der Waals surface area contributed by atoms with Crippen molar-refractivity contribution in [3.63, 3.8) is 0 Å². The Morgan fingerprint density at radius 3 is 2.80 bits per heavy atom. The molecule has 2 aliphatic rings. The van der Waals surface area contributed by atoms with Crippen LogP contribution in [0.4, 0.5) is 11.8 Å². The lowest BCUT2D eigenvalue weighted by molar-refractivity contribution is 0.333. The van der Waals surface area contributed by atoms with Gasteiger partial charge in [-0.05, 0) is 50.3 Å². The Bertz CT molecular complexity index is 802. The van der Waals surface area contributed by atoms with Crippen molar-refractivity contribution in [3.05, 3.63) is 40.3 Å². The number of aromatic nitrogens is 3. The van der Waals surface area contributed by atoms with Crippen LogP contribution in [0.25, 0.3) is 0 Å². The van der Waals surface area contributed by atoms with E-state index in [2.05, 4.69) is 9.88 Å². The van der Waals surface area contributed by atoms with Crippen LogP contribution in [0.2, 0.25) is 5.02 Å². The molecule has 132 valence electrons. The number of rotatable bonds is 2. The molecule has 1 saturated heterocycles. The van der Waals surface area contributed by atoms with Gasteiger partial charge in [-0.2, -0.15) is 0 Å². The van der Waals surface area contributed by atoms with Crippen LogP contribution >= 0.6 is 11.6 Å². The van der Waals surface area contributed by atoms with E-state index in [0.717, 1.165) is 54.8 Å². The quantitative estimate of drug-likeness (QED) is 0.824. The lowest BCUT2D eigenvalue weighted by atomic mass is 9.77. The first-order valence-electron chi connectivity index (χ1n) is 8.90. The predicted octanol–water partition coefficient (Wildman–Crippen LogP) is 3.38. The van der Waals surface area contributed by atoms with Gasteiger partial charge in [0, 0.05) is 38.8 Å². The number of piperidine rings is 1. The molecule has 0 radical (unpaired) electrons. The Balaban J connectivity index is 1.68. The summed E-state index contributed by atoms with van der Waals surface area (Å²) in [6, 6.07) is 3.99. The van der Waals surface area contributed by atoms with Gasteiger partial charge in [-0.3, -0.25) is 0 Å². The van der Waals surface area contributed by atoms with Crippen LogP contribution in [0, 0.1) is 6.92 Å². The Morgan fingerprint density at radius 2 is 2.04 bits per heavy atom. The molecule has 1 fully saturated rings. The molecule has 6 heteroatoms. The molecule has 25 heavy (non-hydrogen) atoms. The van der Waals surface area contributed by atoms with E-state index in [9.17, 15) is 0 Å². The number of halogens is 1. The maximum absolute atomic E-state index is 6.15. The number of pyridine rings is 1. The molecule has 0 aromatic carbocycles. The SMILES string of the molecule is Cc1nc(N2CCCC3(CCc4cnc(N(C)C)nc43)C2)ccc1Cl. The third-order valence-corrected chi connectivity index (χ3v) is 5.93. The van der Waals surface area contributed by atoms with Gasteiger partial charge in [0.15, 0.2) is 0 Å². The minimum Gasteiger partial charge on any atom is -0.356 e. The number of anilines is 2. The Labute approximate surface area is 154 Å². The average molecular weight is 358 g/mol. The van der Waals surface area contributed by atoms with Gasteiger partial charge >= 0.3 is 0 Å². The lowest BCUT2D eigenvalue weighted by Gasteiger charge is -2.41. The molecule has 1 atom stereocenters. The van der Waals surface area contributed by atoms with Gasteiger partial charge in [0.2, 0.25) is 5.95 Å². The highest BCUT2D eigenvalue weighted by molar-refractivity contribution is 6.31. The van der Waals surface area contributed by atoms with Gasteiger partial charge in [-0.25, -0.2) is 15.0 Å². The molecule has 3 heterocycles. The molecule has 0 N–H and O–H groups in total. The van der Waals surface area contributed by atoms with Gasteiger partial charge in [-0.15, -0.1) is 0 Å². The van der Waals surface area contributed by atoms with Gasteiger partial charge in [0.1, 0.15) is 5.82 Å². The summed E-state index contributed by atoms with van der Waals surface area (Å²) < 4.78 is 0. The number of hydrogen-bond donors (Lipinski definition) is 0. The van der Waals surface area contributed by atoms with Gasteiger partial charge in [-0.1, -0.05) is 11.6 Å². The van der Waals surface area contributed by atoms with Gasteiger partial charge < -0.3 is 9.80 Å². The molecule has 2 aromatic heterocycles. The molecule has 0 saturated carbocycles. The molecule has 1 unspecified atom stereocenters. The fourth-order valence-corrected chi connectivity index (χ4v) is 4.28. The summed E-state index contributed by atoms with van der Waals surface area (Å²) in [5, 5.41) is 0.727. The predicted molar refractivity (Wildman–Crippen MR) is 102 cm³/mol. The second-order valence-electron chi connectivity index (χ2n) is 7.48. The van der Waals surface area contributed by atoms with Crippen molar-refractivity contribution in [2.45, 2.75) is 38.0 Å².